The summed E-state index contributed by atoms with van der Waals surface area (Å²) >= 11 is 12.5. The maximum absolute atomic E-state index is 10.9. The van der Waals surface area contributed by atoms with Crippen molar-refractivity contribution >= 4 is 51.8 Å². The lowest BCUT2D eigenvalue weighted by atomic mass is 10.0. The van der Waals surface area contributed by atoms with Crippen molar-refractivity contribution in [2.75, 3.05) is 12.4 Å². The minimum absolute atomic E-state index is 0.242. The number of furan rings is 1. The predicted octanol–water partition coefficient (Wildman–Crippen LogP) is 6.24. The van der Waals surface area contributed by atoms with E-state index in [-0.39, 0.29) is 5.76 Å². The Kier molecular flexibility index (Phi) is 5.32. The second kappa shape index (κ2) is 8.07. The SMILES string of the molecule is COc1cc(Nc2c(C#N)cnc3cc(-c4coc(C=O)c4)ccc23)c(Cl)cc1Cl. The molecule has 2 aromatic heterocycles. The van der Waals surface area contributed by atoms with Gasteiger partial charge in [-0.1, -0.05) is 35.3 Å². The van der Waals surface area contributed by atoms with Gasteiger partial charge in [0.2, 0.25) is 0 Å². The van der Waals surface area contributed by atoms with Crippen molar-refractivity contribution in [2.24, 2.45) is 0 Å². The van der Waals surface area contributed by atoms with Gasteiger partial charge in [-0.15, -0.1) is 0 Å². The lowest BCUT2D eigenvalue weighted by Crippen LogP contribution is -1.98. The number of anilines is 2. The summed E-state index contributed by atoms with van der Waals surface area (Å²) in [7, 11) is 1.51. The number of carbonyl (C=O) groups excluding carboxylic acids is 1. The smallest absolute Gasteiger partial charge is 0.185 e. The van der Waals surface area contributed by atoms with Crippen molar-refractivity contribution in [1.29, 1.82) is 5.26 Å². The number of fused-ring (bicyclic) bond motifs is 1. The molecule has 30 heavy (non-hydrogen) atoms. The van der Waals surface area contributed by atoms with Gasteiger partial charge in [0.25, 0.3) is 0 Å². The monoisotopic (exact) mass is 437 g/mol. The van der Waals surface area contributed by atoms with Crippen molar-refractivity contribution in [3.63, 3.8) is 0 Å². The van der Waals surface area contributed by atoms with Crippen molar-refractivity contribution < 1.29 is 13.9 Å². The van der Waals surface area contributed by atoms with Gasteiger partial charge in [0.05, 0.1) is 45.9 Å². The van der Waals surface area contributed by atoms with E-state index in [4.69, 9.17) is 32.4 Å². The standard InChI is InChI=1S/C22H13Cl2N3O3/c1-29-21-7-20(17(23)6-18(21)24)27-22-14(8-25)9-26-19-5-12(2-3-16(19)22)13-4-15(10-28)30-11-13/h2-7,9-11H,1H3,(H,26,27). The molecule has 2 heterocycles. The molecular formula is C22H13Cl2N3O3. The van der Waals surface area contributed by atoms with Gasteiger partial charge in [-0.05, 0) is 23.8 Å². The van der Waals surface area contributed by atoms with Crippen LogP contribution in [-0.4, -0.2) is 18.4 Å². The molecule has 0 radical (unpaired) electrons. The predicted molar refractivity (Wildman–Crippen MR) is 116 cm³/mol. The molecule has 0 spiro atoms. The summed E-state index contributed by atoms with van der Waals surface area (Å²) in [6.45, 7) is 0. The number of nitrogens with one attached hydrogen (secondary N) is 1. The van der Waals surface area contributed by atoms with Gasteiger partial charge in [0, 0.05) is 23.2 Å². The Bertz CT molecular complexity index is 1330. The van der Waals surface area contributed by atoms with Crippen LogP contribution in [0.1, 0.15) is 16.1 Å². The average molecular weight is 438 g/mol. The molecule has 8 heteroatoms. The fourth-order valence-corrected chi connectivity index (χ4v) is 3.58. The first kappa shape index (κ1) is 19.8. The van der Waals surface area contributed by atoms with Crippen molar-refractivity contribution in [3.8, 4) is 22.9 Å². The first-order valence-corrected chi connectivity index (χ1v) is 9.46. The lowest BCUT2D eigenvalue weighted by Gasteiger charge is -2.15. The summed E-state index contributed by atoms with van der Waals surface area (Å²) in [4.78, 5) is 15.3. The molecule has 4 aromatic rings. The van der Waals surface area contributed by atoms with Gasteiger partial charge in [-0.3, -0.25) is 9.78 Å². The van der Waals surface area contributed by atoms with Crippen LogP contribution in [0.3, 0.4) is 0 Å². The molecule has 0 unspecified atom stereocenters. The van der Waals surface area contributed by atoms with Crippen LogP contribution >= 0.6 is 23.2 Å². The van der Waals surface area contributed by atoms with E-state index in [2.05, 4.69) is 16.4 Å². The number of pyridine rings is 1. The number of ether oxygens (including phenoxy) is 1. The number of hydrogen-bond donors (Lipinski definition) is 1. The molecule has 0 aliphatic carbocycles. The van der Waals surface area contributed by atoms with Crippen LogP contribution in [0, 0.1) is 11.3 Å². The summed E-state index contributed by atoms with van der Waals surface area (Å²) in [5.41, 5.74) is 3.68. The molecule has 1 N–H and O–H groups in total. The van der Waals surface area contributed by atoms with E-state index in [1.54, 1.807) is 18.2 Å². The van der Waals surface area contributed by atoms with E-state index < -0.39 is 0 Å². The minimum atomic E-state index is 0.242. The van der Waals surface area contributed by atoms with Crippen LogP contribution < -0.4 is 10.1 Å². The van der Waals surface area contributed by atoms with Gasteiger partial charge >= 0.3 is 0 Å². The zero-order valence-electron chi connectivity index (χ0n) is 15.6. The minimum Gasteiger partial charge on any atom is -0.495 e. The largest absolute Gasteiger partial charge is 0.495 e. The molecule has 4 rings (SSSR count). The second-order valence-corrected chi connectivity index (χ2v) is 7.15. The molecule has 0 saturated carbocycles. The van der Waals surface area contributed by atoms with Crippen LogP contribution in [0.4, 0.5) is 11.4 Å². The van der Waals surface area contributed by atoms with Crippen LogP contribution in [0.2, 0.25) is 10.0 Å². The number of nitrogens with zero attached hydrogens (tertiary/aromatic N) is 2. The lowest BCUT2D eigenvalue weighted by molar-refractivity contribution is 0.110. The first-order chi connectivity index (χ1) is 14.5. The van der Waals surface area contributed by atoms with E-state index >= 15 is 0 Å². The Morgan fingerprint density at radius 1 is 1.17 bits per heavy atom. The van der Waals surface area contributed by atoms with Crippen molar-refractivity contribution in [2.45, 2.75) is 0 Å². The Hall–Kier alpha value is -3.53. The van der Waals surface area contributed by atoms with E-state index in [1.165, 1.54) is 19.6 Å². The van der Waals surface area contributed by atoms with Gasteiger partial charge in [-0.2, -0.15) is 5.26 Å². The summed E-state index contributed by atoms with van der Waals surface area (Å²) in [6, 6.07) is 12.6. The second-order valence-electron chi connectivity index (χ2n) is 6.34. The molecule has 2 aromatic carbocycles. The van der Waals surface area contributed by atoms with E-state index in [0.29, 0.717) is 44.5 Å². The molecule has 0 atom stereocenters. The van der Waals surface area contributed by atoms with E-state index in [0.717, 1.165) is 16.5 Å². The number of hydrogen-bond acceptors (Lipinski definition) is 6. The fraction of sp³-hybridized carbons (Fsp3) is 0.0455. The number of carbonyl (C=O) groups is 1. The number of rotatable bonds is 5. The molecule has 0 bridgehead atoms. The highest BCUT2D eigenvalue weighted by Gasteiger charge is 2.14. The maximum atomic E-state index is 10.9. The number of methoxy groups -OCH3 is 1. The summed E-state index contributed by atoms with van der Waals surface area (Å²) in [5.74, 6) is 0.695. The quantitative estimate of drug-likeness (QED) is 0.371. The highest BCUT2D eigenvalue weighted by Crippen LogP contribution is 2.38. The van der Waals surface area contributed by atoms with Gasteiger partial charge in [-0.25, -0.2) is 0 Å². The molecule has 0 amide bonds. The molecule has 0 saturated heterocycles. The fourth-order valence-electron chi connectivity index (χ4n) is 3.07. The van der Waals surface area contributed by atoms with Crippen LogP contribution in [0.5, 0.6) is 5.75 Å². The Balaban J connectivity index is 1.83. The normalized spacial score (nSPS) is 10.6. The van der Waals surface area contributed by atoms with Crippen LogP contribution in [-0.2, 0) is 0 Å². The highest BCUT2D eigenvalue weighted by molar-refractivity contribution is 6.37. The number of aldehydes is 1. The van der Waals surface area contributed by atoms with Gasteiger partial charge in [0.15, 0.2) is 12.0 Å². The van der Waals surface area contributed by atoms with Crippen molar-refractivity contribution in [1.82, 2.24) is 4.98 Å². The topological polar surface area (TPSA) is 88.2 Å². The number of aromatic nitrogens is 1. The number of halogens is 2. The van der Waals surface area contributed by atoms with Crippen LogP contribution in [0.25, 0.3) is 22.0 Å². The van der Waals surface area contributed by atoms with Gasteiger partial charge in [0.1, 0.15) is 11.8 Å². The van der Waals surface area contributed by atoms with Crippen molar-refractivity contribution in [3.05, 3.63) is 70.2 Å². The first-order valence-electron chi connectivity index (χ1n) is 8.71. The van der Waals surface area contributed by atoms with Crippen LogP contribution in [0.15, 0.2) is 53.3 Å². The molecular weight excluding hydrogens is 425 g/mol. The Morgan fingerprint density at radius 3 is 2.70 bits per heavy atom. The molecule has 6 nitrogen and oxygen atoms in total. The zero-order valence-corrected chi connectivity index (χ0v) is 17.1. The molecule has 0 fully saturated rings. The third kappa shape index (κ3) is 3.57. The molecule has 148 valence electrons. The molecule has 0 aliphatic rings. The van der Waals surface area contributed by atoms with Gasteiger partial charge < -0.3 is 14.5 Å². The third-order valence-electron chi connectivity index (χ3n) is 4.56. The number of benzene rings is 2. The Morgan fingerprint density at radius 2 is 2.00 bits per heavy atom. The maximum Gasteiger partial charge on any atom is 0.185 e. The molecule has 0 aliphatic heterocycles. The summed E-state index contributed by atoms with van der Waals surface area (Å²) in [5, 5.41) is 14.3. The van der Waals surface area contributed by atoms with E-state index in [1.807, 2.05) is 18.2 Å². The van der Waals surface area contributed by atoms with E-state index in [9.17, 15) is 10.1 Å². The number of nitriles is 1. The third-order valence-corrected chi connectivity index (χ3v) is 5.17. The highest BCUT2D eigenvalue weighted by atomic mass is 35.5. The average Bonchev–Trinajstić information content (AvgIpc) is 3.24. The Labute approximate surface area is 181 Å². The summed E-state index contributed by atoms with van der Waals surface area (Å²) in [6.07, 6.45) is 3.64. The summed E-state index contributed by atoms with van der Waals surface area (Å²) < 4.78 is 10.4. The zero-order chi connectivity index (χ0) is 21.3.